The molecular formula is C23H32ClN3O3S2. The molecule has 1 aromatic heterocycles. The number of hydrogen-bond donors (Lipinski definition) is 0. The first-order chi connectivity index (χ1) is 15.5. The molecule has 1 saturated heterocycles. The Morgan fingerprint density at radius 1 is 1.34 bits per heavy atom. The molecule has 0 radical (unpaired) electrons. The van der Waals surface area contributed by atoms with Crippen molar-refractivity contribution in [2.45, 2.75) is 33.4 Å². The third kappa shape index (κ3) is 6.23. The molecule has 176 valence electrons. The fourth-order valence-electron chi connectivity index (χ4n) is 3.60. The van der Waals surface area contributed by atoms with Crippen molar-refractivity contribution in [2.24, 2.45) is 0 Å². The van der Waals surface area contributed by atoms with E-state index >= 15 is 0 Å². The van der Waals surface area contributed by atoms with Gasteiger partial charge in [0.2, 0.25) is 5.78 Å². The van der Waals surface area contributed by atoms with Crippen LogP contribution in [0.5, 0.6) is 0 Å². The number of rotatable bonds is 11. The monoisotopic (exact) mass is 497 g/mol. The standard InChI is InChI=1S/C23H32ClN3O3S2/c1-5-11-32-12-10-30-17(3)27-20-14-18(24)16(2)13-19(20)25-23(27)21(28)15-22(31-4)26-6-8-29-9-7-26/h13-15,17H,5-12H2,1-4H3/b22-15-. The van der Waals surface area contributed by atoms with Gasteiger partial charge in [-0.2, -0.15) is 11.8 Å². The number of benzene rings is 1. The van der Waals surface area contributed by atoms with Gasteiger partial charge in [-0.1, -0.05) is 18.5 Å². The van der Waals surface area contributed by atoms with Gasteiger partial charge in [-0.3, -0.25) is 9.36 Å². The SMILES string of the molecule is CCCSCCOC(C)n1c(C(=O)/C=C(\SC)N2CCOCC2)nc2cc(C)c(Cl)cc21. The number of carbonyl (C=O) groups excluding carboxylic acids is 1. The molecule has 0 aliphatic carbocycles. The van der Waals surface area contributed by atoms with E-state index in [-0.39, 0.29) is 12.0 Å². The Bertz CT molecular complexity index is 958. The van der Waals surface area contributed by atoms with E-state index in [0.29, 0.717) is 30.7 Å². The number of ketones is 1. The Labute approximate surface area is 204 Å². The summed E-state index contributed by atoms with van der Waals surface area (Å²) in [6, 6.07) is 3.80. The molecule has 9 heteroatoms. The normalized spacial score (nSPS) is 16.0. The van der Waals surface area contributed by atoms with E-state index in [1.54, 1.807) is 17.8 Å². The van der Waals surface area contributed by atoms with Crippen molar-refractivity contribution in [1.82, 2.24) is 14.5 Å². The van der Waals surface area contributed by atoms with Crippen LogP contribution in [0, 0.1) is 6.92 Å². The predicted octanol–water partition coefficient (Wildman–Crippen LogP) is 5.40. The lowest BCUT2D eigenvalue weighted by Crippen LogP contribution is -2.35. The fraction of sp³-hybridized carbons (Fsp3) is 0.565. The third-order valence-electron chi connectivity index (χ3n) is 5.28. The molecule has 2 aromatic rings. The zero-order valence-electron chi connectivity index (χ0n) is 19.2. The molecule has 1 atom stereocenters. The van der Waals surface area contributed by atoms with E-state index < -0.39 is 0 Å². The van der Waals surface area contributed by atoms with Crippen molar-refractivity contribution in [3.8, 4) is 0 Å². The minimum atomic E-state index is -0.338. The van der Waals surface area contributed by atoms with Crippen molar-refractivity contribution in [3.63, 3.8) is 0 Å². The summed E-state index contributed by atoms with van der Waals surface area (Å²) in [5.74, 6) is 2.27. The van der Waals surface area contributed by atoms with E-state index in [4.69, 9.17) is 26.1 Å². The summed E-state index contributed by atoms with van der Waals surface area (Å²) in [7, 11) is 0. The van der Waals surface area contributed by atoms with E-state index in [9.17, 15) is 4.79 Å². The zero-order valence-corrected chi connectivity index (χ0v) is 21.6. The molecular weight excluding hydrogens is 466 g/mol. The van der Waals surface area contributed by atoms with Gasteiger partial charge in [-0.15, -0.1) is 11.8 Å². The number of fused-ring (bicyclic) bond motifs is 1. The third-order valence-corrected chi connectivity index (χ3v) is 7.63. The van der Waals surface area contributed by atoms with E-state index in [0.717, 1.165) is 52.6 Å². The Morgan fingerprint density at radius 3 is 2.78 bits per heavy atom. The number of carbonyl (C=O) groups is 1. The number of aromatic nitrogens is 2. The second-order valence-corrected chi connectivity index (χ2v) is 10.1. The molecule has 2 heterocycles. The molecule has 1 aliphatic heterocycles. The van der Waals surface area contributed by atoms with Crippen molar-refractivity contribution in [1.29, 1.82) is 0 Å². The largest absolute Gasteiger partial charge is 0.378 e. The smallest absolute Gasteiger partial charge is 0.223 e. The lowest BCUT2D eigenvalue weighted by Gasteiger charge is -2.29. The first-order valence-corrected chi connectivity index (χ1v) is 13.7. The number of imidazole rings is 1. The van der Waals surface area contributed by atoms with Crippen molar-refractivity contribution < 1.29 is 14.3 Å². The van der Waals surface area contributed by atoms with Crippen LogP contribution in [0.3, 0.4) is 0 Å². The highest BCUT2D eigenvalue weighted by molar-refractivity contribution is 8.02. The minimum Gasteiger partial charge on any atom is -0.378 e. The van der Waals surface area contributed by atoms with Crippen molar-refractivity contribution in [3.05, 3.63) is 39.6 Å². The summed E-state index contributed by atoms with van der Waals surface area (Å²) in [5, 5.41) is 1.58. The first-order valence-electron chi connectivity index (χ1n) is 11.0. The maximum atomic E-state index is 13.4. The number of morpholine rings is 1. The van der Waals surface area contributed by atoms with Crippen LogP contribution in [0.25, 0.3) is 11.0 Å². The molecule has 1 aromatic carbocycles. The second kappa shape index (κ2) is 12.3. The van der Waals surface area contributed by atoms with Crippen LogP contribution in [0.1, 0.15) is 42.7 Å². The van der Waals surface area contributed by atoms with Gasteiger partial charge in [-0.05, 0) is 50.0 Å². The summed E-state index contributed by atoms with van der Waals surface area (Å²) in [6.45, 7) is 9.57. The number of thioether (sulfide) groups is 2. The quantitative estimate of drug-likeness (QED) is 0.234. The molecule has 1 aliphatic rings. The van der Waals surface area contributed by atoms with E-state index in [1.807, 2.05) is 48.6 Å². The van der Waals surface area contributed by atoms with Gasteiger partial charge in [0.25, 0.3) is 0 Å². The first kappa shape index (κ1) is 25.4. The summed E-state index contributed by atoms with van der Waals surface area (Å²) < 4.78 is 13.4. The van der Waals surface area contributed by atoms with Gasteiger partial charge in [0, 0.05) is 29.9 Å². The van der Waals surface area contributed by atoms with E-state index in [2.05, 4.69) is 11.8 Å². The zero-order chi connectivity index (χ0) is 23.1. The fourth-order valence-corrected chi connectivity index (χ4v) is 5.13. The number of hydrogen-bond acceptors (Lipinski definition) is 7. The van der Waals surface area contributed by atoms with Gasteiger partial charge >= 0.3 is 0 Å². The molecule has 32 heavy (non-hydrogen) atoms. The molecule has 6 nitrogen and oxygen atoms in total. The molecule has 1 fully saturated rings. The van der Waals surface area contributed by atoms with Gasteiger partial charge in [0.15, 0.2) is 5.82 Å². The van der Waals surface area contributed by atoms with Crippen LogP contribution in [0.15, 0.2) is 23.2 Å². The van der Waals surface area contributed by atoms with Crippen LogP contribution >= 0.6 is 35.1 Å². The number of aryl methyl sites for hydroxylation is 1. The maximum absolute atomic E-state index is 13.4. The molecule has 3 rings (SSSR count). The maximum Gasteiger partial charge on any atom is 0.223 e. The number of nitrogens with zero attached hydrogens (tertiary/aromatic N) is 3. The molecule has 0 spiro atoms. The Hall–Kier alpha value is -1.19. The molecule has 0 N–H and O–H groups in total. The van der Waals surface area contributed by atoms with Gasteiger partial charge in [0.05, 0.1) is 35.9 Å². The van der Waals surface area contributed by atoms with Gasteiger partial charge in [0.1, 0.15) is 6.23 Å². The number of ether oxygens (including phenoxy) is 2. The average Bonchev–Trinajstić information content (AvgIpc) is 3.16. The lowest BCUT2D eigenvalue weighted by atomic mass is 10.2. The second-order valence-electron chi connectivity index (χ2n) is 7.63. The average molecular weight is 498 g/mol. The van der Waals surface area contributed by atoms with Gasteiger partial charge < -0.3 is 14.4 Å². The Morgan fingerprint density at radius 2 is 2.09 bits per heavy atom. The number of allylic oxidation sites excluding steroid dienone is 1. The predicted molar refractivity (Wildman–Crippen MR) is 136 cm³/mol. The van der Waals surface area contributed by atoms with Crippen LogP contribution < -0.4 is 0 Å². The topological polar surface area (TPSA) is 56.6 Å². The Kier molecular flexibility index (Phi) is 9.79. The summed E-state index contributed by atoms with van der Waals surface area (Å²) in [6.07, 6.45) is 4.48. The molecule has 0 saturated carbocycles. The molecule has 0 amide bonds. The summed E-state index contributed by atoms with van der Waals surface area (Å²) in [5.41, 5.74) is 2.49. The van der Waals surface area contributed by atoms with Gasteiger partial charge in [-0.25, -0.2) is 4.98 Å². The van der Waals surface area contributed by atoms with Crippen LogP contribution in [0.2, 0.25) is 5.02 Å². The Balaban J connectivity index is 1.92. The van der Waals surface area contributed by atoms with Crippen molar-refractivity contribution in [2.75, 3.05) is 50.7 Å². The van der Waals surface area contributed by atoms with Crippen LogP contribution in [-0.4, -0.2) is 70.9 Å². The van der Waals surface area contributed by atoms with E-state index in [1.165, 1.54) is 0 Å². The highest BCUT2D eigenvalue weighted by Gasteiger charge is 2.23. The molecule has 1 unspecified atom stereocenters. The number of halogens is 1. The van der Waals surface area contributed by atoms with Crippen LogP contribution in [0.4, 0.5) is 0 Å². The summed E-state index contributed by atoms with van der Waals surface area (Å²) >= 11 is 9.86. The van der Waals surface area contributed by atoms with Crippen LogP contribution in [-0.2, 0) is 9.47 Å². The van der Waals surface area contributed by atoms with Crippen molar-refractivity contribution >= 4 is 51.9 Å². The molecule has 0 bridgehead atoms. The summed E-state index contributed by atoms with van der Waals surface area (Å²) in [4.78, 5) is 20.3. The lowest BCUT2D eigenvalue weighted by molar-refractivity contribution is 0.0274. The minimum absolute atomic E-state index is 0.137. The highest BCUT2D eigenvalue weighted by Crippen LogP contribution is 2.29. The highest BCUT2D eigenvalue weighted by atomic mass is 35.5.